The highest BCUT2D eigenvalue weighted by Gasteiger charge is 2.22. The molecule has 0 aromatic heterocycles. The first-order valence-electron chi connectivity index (χ1n) is 7.93. The Hall–Kier alpha value is -2.00. The lowest BCUT2D eigenvalue weighted by Crippen LogP contribution is -2.25. The van der Waals surface area contributed by atoms with Crippen molar-refractivity contribution >= 4 is 17.5 Å². The third-order valence-electron chi connectivity index (χ3n) is 4.87. The SMILES string of the molecule is CC1=C(C)N(CC(=O)c2ccc3c(c2)Cc2ccccc2-3)CS1. The van der Waals surface area contributed by atoms with Gasteiger partial charge in [0.05, 0.1) is 12.4 Å². The summed E-state index contributed by atoms with van der Waals surface area (Å²) < 4.78 is 0. The smallest absolute Gasteiger partial charge is 0.182 e. The van der Waals surface area contributed by atoms with Crippen molar-refractivity contribution in [3.05, 3.63) is 69.8 Å². The highest BCUT2D eigenvalue weighted by molar-refractivity contribution is 8.03. The van der Waals surface area contributed by atoms with E-state index in [4.69, 9.17) is 0 Å². The zero-order chi connectivity index (χ0) is 16.0. The molecule has 2 nitrogen and oxygen atoms in total. The van der Waals surface area contributed by atoms with E-state index in [0.717, 1.165) is 17.9 Å². The Labute approximate surface area is 141 Å². The van der Waals surface area contributed by atoms with Crippen LogP contribution in [0.2, 0.25) is 0 Å². The van der Waals surface area contributed by atoms with E-state index in [1.165, 1.54) is 32.9 Å². The molecule has 0 bridgehead atoms. The van der Waals surface area contributed by atoms with E-state index in [9.17, 15) is 4.79 Å². The molecule has 1 heterocycles. The van der Waals surface area contributed by atoms with Crippen molar-refractivity contribution in [3.8, 4) is 11.1 Å². The number of thioether (sulfide) groups is 1. The van der Waals surface area contributed by atoms with Crippen molar-refractivity contribution in [2.24, 2.45) is 0 Å². The van der Waals surface area contributed by atoms with Crippen LogP contribution in [-0.2, 0) is 6.42 Å². The molecule has 4 rings (SSSR count). The quantitative estimate of drug-likeness (QED) is 0.652. The molecule has 2 aromatic rings. The molecule has 0 spiro atoms. The van der Waals surface area contributed by atoms with Crippen LogP contribution in [0.3, 0.4) is 0 Å². The monoisotopic (exact) mass is 321 g/mol. The van der Waals surface area contributed by atoms with Gasteiger partial charge in [-0.05, 0) is 48.6 Å². The molecule has 23 heavy (non-hydrogen) atoms. The van der Waals surface area contributed by atoms with Gasteiger partial charge in [-0.3, -0.25) is 4.79 Å². The largest absolute Gasteiger partial charge is 0.357 e. The summed E-state index contributed by atoms with van der Waals surface area (Å²) in [7, 11) is 0. The van der Waals surface area contributed by atoms with E-state index in [1.54, 1.807) is 0 Å². The molecule has 2 aromatic carbocycles. The summed E-state index contributed by atoms with van der Waals surface area (Å²) >= 11 is 1.82. The third-order valence-corrected chi connectivity index (χ3v) is 6.04. The van der Waals surface area contributed by atoms with Crippen molar-refractivity contribution < 1.29 is 4.79 Å². The molecule has 0 fully saturated rings. The molecule has 2 aliphatic rings. The maximum atomic E-state index is 12.7. The normalized spacial score (nSPS) is 15.8. The molecular formula is C20H19NOS. The van der Waals surface area contributed by atoms with Gasteiger partial charge in [-0.1, -0.05) is 36.4 Å². The molecule has 0 saturated heterocycles. The van der Waals surface area contributed by atoms with Crippen LogP contribution in [0.25, 0.3) is 11.1 Å². The van der Waals surface area contributed by atoms with Gasteiger partial charge in [-0.15, -0.1) is 11.8 Å². The van der Waals surface area contributed by atoms with Crippen LogP contribution in [0, 0.1) is 0 Å². The topological polar surface area (TPSA) is 20.3 Å². The first-order valence-corrected chi connectivity index (χ1v) is 8.91. The lowest BCUT2D eigenvalue weighted by Gasteiger charge is -2.18. The number of allylic oxidation sites excluding steroid dienone is 2. The van der Waals surface area contributed by atoms with Crippen LogP contribution >= 0.6 is 11.8 Å². The van der Waals surface area contributed by atoms with Crippen LogP contribution in [-0.4, -0.2) is 23.1 Å². The molecule has 0 N–H and O–H groups in total. The number of benzene rings is 2. The zero-order valence-electron chi connectivity index (χ0n) is 13.4. The second-order valence-electron chi connectivity index (χ2n) is 6.24. The number of fused-ring (bicyclic) bond motifs is 3. The van der Waals surface area contributed by atoms with Crippen molar-refractivity contribution in [2.75, 3.05) is 12.4 Å². The minimum absolute atomic E-state index is 0.207. The number of hydrogen-bond donors (Lipinski definition) is 0. The second-order valence-corrected chi connectivity index (χ2v) is 7.40. The van der Waals surface area contributed by atoms with E-state index in [-0.39, 0.29) is 5.78 Å². The molecule has 1 aliphatic heterocycles. The number of nitrogens with zero attached hydrogens (tertiary/aromatic N) is 1. The first kappa shape index (κ1) is 14.6. The molecule has 3 heteroatoms. The predicted molar refractivity (Wildman–Crippen MR) is 96.6 cm³/mol. The van der Waals surface area contributed by atoms with E-state index in [1.807, 2.05) is 17.8 Å². The summed E-state index contributed by atoms with van der Waals surface area (Å²) in [5.41, 5.74) is 7.29. The van der Waals surface area contributed by atoms with Crippen molar-refractivity contribution in [2.45, 2.75) is 20.3 Å². The first-order chi connectivity index (χ1) is 11.1. The minimum atomic E-state index is 0.207. The number of Topliss-reactive ketones (excluding diaryl/α,β-unsaturated/α-hetero) is 1. The summed E-state index contributed by atoms with van der Waals surface area (Å²) in [5, 5.41) is 0. The Morgan fingerprint density at radius 2 is 1.87 bits per heavy atom. The van der Waals surface area contributed by atoms with Crippen molar-refractivity contribution in [1.29, 1.82) is 0 Å². The summed E-state index contributed by atoms with van der Waals surface area (Å²) in [6.45, 7) is 4.70. The van der Waals surface area contributed by atoms with E-state index in [0.29, 0.717) is 6.54 Å². The molecule has 0 radical (unpaired) electrons. The van der Waals surface area contributed by atoms with Crippen molar-refractivity contribution in [3.63, 3.8) is 0 Å². The lowest BCUT2D eigenvalue weighted by molar-refractivity contribution is 0.0958. The van der Waals surface area contributed by atoms with Crippen LogP contribution in [0.5, 0.6) is 0 Å². The maximum absolute atomic E-state index is 12.7. The van der Waals surface area contributed by atoms with Gasteiger partial charge in [-0.2, -0.15) is 0 Å². The maximum Gasteiger partial charge on any atom is 0.182 e. The minimum Gasteiger partial charge on any atom is -0.357 e. The average molecular weight is 321 g/mol. The molecule has 0 unspecified atom stereocenters. The Kier molecular flexibility index (Phi) is 3.53. The van der Waals surface area contributed by atoms with E-state index >= 15 is 0 Å². The summed E-state index contributed by atoms with van der Waals surface area (Å²) in [6.07, 6.45) is 0.935. The van der Waals surface area contributed by atoms with Gasteiger partial charge in [0, 0.05) is 16.2 Å². The second kappa shape index (κ2) is 5.57. The molecule has 1 aliphatic carbocycles. The summed E-state index contributed by atoms with van der Waals surface area (Å²) in [5.74, 6) is 1.10. The van der Waals surface area contributed by atoms with Gasteiger partial charge in [-0.25, -0.2) is 0 Å². The predicted octanol–water partition coefficient (Wildman–Crippen LogP) is 4.70. The molecule has 0 atom stereocenters. The van der Waals surface area contributed by atoms with Crippen LogP contribution in [0.15, 0.2) is 53.1 Å². The van der Waals surface area contributed by atoms with Crippen LogP contribution in [0.4, 0.5) is 0 Å². The number of carbonyl (C=O) groups excluding carboxylic acids is 1. The average Bonchev–Trinajstić information content (AvgIpc) is 3.09. The highest BCUT2D eigenvalue weighted by Crippen LogP contribution is 2.37. The van der Waals surface area contributed by atoms with Gasteiger partial charge in [0.2, 0.25) is 0 Å². The van der Waals surface area contributed by atoms with Gasteiger partial charge in [0.25, 0.3) is 0 Å². The summed E-state index contributed by atoms with van der Waals surface area (Å²) in [6, 6.07) is 14.7. The van der Waals surface area contributed by atoms with E-state index in [2.05, 4.69) is 55.1 Å². The fourth-order valence-electron chi connectivity index (χ4n) is 3.35. The molecule has 0 amide bonds. The van der Waals surface area contributed by atoms with Crippen LogP contribution < -0.4 is 0 Å². The zero-order valence-corrected chi connectivity index (χ0v) is 14.2. The Morgan fingerprint density at radius 3 is 2.65 bits per heavy atom. The molecular weight excluding hydrogens is 302 g/mol. The van der Waals surface area contributed by atoms with Gasteiger partial charge < -0.3 is 4.90 Å². The standard InChI is InChI=1S/C20H19NOS/c1-13-14(2)23-12-21(13)11-20(22)16-7-8-19-17(10-16)9-15-5-3-4-6-18(15)19/h3-8,10H,9,11-12H2,1-2H3. The number of carbonyl (C=O) groups is 1. The van der Waals surface area contributed by atoms with E-state index < -0.39 is 0 Å². The van der Waals surface area contributed by atoms with Gasteiger partial charge >= 0.3 is 0 Å². The Morgan fingerprint density at radius 1 is 1.09 bits per heavy atom. The third kappa shape index (κ3) is 2.49. The number of ketones is 1. The lowest BCUT2D eigenvalue weighted by atomic mass is 10.0. The van der Waals surface area contributed by atoms with Gasteiger partial charge in [0.1, 0.15) is 0 Å². The van der Waals surface area contributed by atoms with Gasteiger partial charge in [0.15, 0.2) is 5.78 Å². The fourth-order valence-corrected chi connectivity index (χ4v) is 4.32. The van der Waals surface area contributed by atoms with Crippen molar-refractivity contribution in [1.82, 2.24) is 4.90 Å². The van der Waals surface area contributed by atoms with Crippen LogP contribution in [0.1, 0.15) is 35.3 Å². The molecule has 116 valence electrons. The number of hydrogen-bond acceptors (Lipinski definition) is 3. The Balaban J connectivity index is 1.58. The fraction of sp³-hybridized carbons (Fsp3) is 0.250. The number of rotatable bonds is 3. The Bertz CT molecular complexity index is 837. The molecule has 0 saturated carbocycles. The highest BCUT2D eigenvalue weighted by atomic mass is 32.2. The summed E-state index contributed by atoms with van der Waals surface area (Å²) in [4.78, 5) is 16.1.